The van der Waals surface area contributed by atoms with Gasteiger partial charge in [-0.3, -0.25) is 0 Å². The predicted molar refractivity (Wildman–Crippen MR) is 146 cm³/mol. The Labute approximate surface area is 220 Å². The van der Waals surface area contributed by atoms with Gasteiger partial charge in [0.25, 0.3) is 0 Å². The molecule has 5 rings (SSSR count). The molecular formula is C31H24ClNO4. The molecule has 0 amide bonds. The van der Waals surface area contributed by atoms with Crippen LogP contribution in [0.3, 0.4) is 0 Å². The molecule has 0 N–H and O–H groups in total. The molecular weight excluding hydrogens is 486 g/mol. The number of nitrogens with zero attached hydrogens (tertiary/aromatic N) is 1. The van der Waals surface area contributed by atoms with Gasteiger partial charge in [0.1, 0.15) is 6.61 Å². The quantitative estimate of drug-likeness (QED) is 0.194. The molecule has 1 aliphatic rings. The van der Waals surface area contributed by atoms with Crippen LogP contribution < -0.4 is 9.47 Å². The van der Waals surface area contributed by atoms with Crippen molar-refractivity contribution in [1.82, 2.24) is 0 Å². The topological polar surface area (TPSA) is 57.1 Å². The van der Waals surface area contributed by atoms with E-state index in [0.29, 0.717) is 34.3 Å². The van der Waals surface area contributed by atoms with Crippen LogP contribution in [0.5, 0.6) is 11.5 Å². The largest absolute Gasteiger partial charge is 0.493 e. The van der Waals surface area contributed by atoms with E-state index in [2.05, 4.69) is 4.99 Å². The van der Waals surface area contributed by atoms with Gasteiger partial charge in [0.15, 0.2) is 17.2 Å². The number of methoxy groups -OCH3 is 1. The molecule has 37 heavy (non-hydrogen) atoms. The monoisotopic (exact) mass is 509 g/mol. The van der Waals surface area contributed by atoms with E-state index in [1.807, 2.05) is 85.8 Å². The van der Waals surface area contributed by atoms with Gasteiger partial charge >= 0.3 is 5.97 Å². The molecule has 4 aromatic rings. The van der Waals surface area contributed by atoms with Crippen LogP contribution in [-0.4, -0.2) is 19.0 Å². The van der Waals surface area contributed by atoms with E-state index in [1.54, 1.807) is 25.3 Å². The third-order valence-corrected chi connectivity index (χ3v) is 6.33. The van der Waals surface area contributed by atoms with Crippen molar-refractivity contribution in [1.29, 1.82) is 0 Å². The fourth-order valence-corrected chi connectivity index (χ4v) is 4.29. The number of aliphatic imine (C=N–C) groups is 1. The van der Waals surface area contributed by atoms with Crippen molar-refractivity contribution in [3.63, 3.8) is 0 Å². The van der Waals surface area contributed by atoms with Crippen LogP contribution in [0.25, 0.3) is 17.2 Å². The maximum absolute atomic E-state index is 12.6. The summed E-state index contributed by atoms with van der Waals surface area (Å²) in [5.41, 5.74) is 5.89. The first-order chi connectivity index (χ1) is 18.0. The smallest absolute Gasteiger partial charge is 0.363 e. The average molecular weight is 510 g/mol. The minimum absolute atomic E-state index is 0.175. The maximum atomic E-state index is 12.6. The molecule has 1 aliphatic heterocycles. The van der Waals surface area contributed by atoms with Crippen LogP contribution in [0.15, 0.2) is 102 Å². The van der Waals surface area contributed by atoms with E-state index < -0.39 is 5.97 Å². The van der Waals surface area contributed by atoms with Gasteiger partial charge in [-0.1, -0.05) is 78.3 Å². The Morgan fingerprint density at radius 2 is 1.57 bits per heavy atom. The molecule has 0 unspecified atom stereocenters. The Bertz CT molecular complexity index is 1510. The summed E-state index contributed by atoms with van der Waals surface area (Å²) < 4.78 is 17.0. The van der Waals surface area contributed by atoms with E-state index >= 15 is 0 Å². The summed E-state index contributed by atoms with van der Waals surface area (Å²) in [5.74, 6) is 0.621. The molecule has 0 radical (unpaired) electrons. The number of halogens is 1. The number of rotatable bonds is 7. The standard InChI is InChI=1S/C31H24ClNO4/c1-20-8-6-7-11-25(20)19-36-29-26(32)16-21(18-28(29)35-2)17-27-31(34)37-30(33-27)24-14-12-23(13-15-24)22-9-4-3-5-10-22/h3-18H,19H2,1-2H3/b27-17-. The second-order valence-corrected chi connectivity index (χ2v) is 8.94. The summed E-state index contributed by atoms with van der Waals surface area (Å²) in [6.45, 7) is 2.38. The number of benzene rings is 4. The average Bonchev–Trinajstić information content (AvgIpc) is 3.29. The van der Waals surface area contributed by atoms with Gasteiger partial charge in [0.05, 0.1) is 12.1 Å². The van der Waals surface area contributed by atoms with Crippen molar-refractivity contribution >= 4 is 29.5 Å². The van der Waals surface area contributed by atoms with Gasteiger partial charge in [-0.05, 0) is 65.1 Å². The first kappa shape index (κ1) is 24.3. The van der Waals surface area contributed by atoms with Crippen LogP contribution in [0.1, 0.15) is 22.3 Å². The molecule has 0 aromatic heterocycles. The van der Waals surface area contributed by atoms with Crippen molar-refractivity contribution < 1.29 is 19.0 Å². The lowest BCUT2D eigenvalue weighted by Crippen LogP contribution is -2.05. The summed E-state index contributed by atoms with van der Waals surface area (Å²) in [4.78, 5) is 17.0. The first-order valence-corrected chi connectivity index (χ1v) is 12.1. The molecule has 0 spiro atoms. The predicted octanol–water partition coefficient (Wildman–Crippen LogP) is 7.25. The first-order valence-electron chi connectivity index (χ1n) is 11.7. The van der Waals surface area contributed by atoms with Gasteiger partial charge in [-0.2, -0.15) is 0 Å². The molecule has 0 atom stereocenters. The molecule has 0 fully saturated rings. The molecule has 0 saturated heterocycles. The van der Waals surface area contributed by atoms with Gasteiger partial charge in [0.2, 0.25) is 5.90 Å². The number of ether oxygens (including phenoxy) is 3. The second kappa shape index (κ2) is 10.7. The van der Waals surface area contributed by atoms with Gasteiger partial charge in [-0.15, -0.1) is 0 Å². The fourth-order valence-electron chi connectivity index (χ4n) is 4.01. The Morgan fingerprint density at radius 3 is 2.30 bits per heavy atom. The molecule has 0 bridgehead atoms. The Morgan fingerprint density at radius 1 is 0.892 bits per heavy atom. The third-order valence-electron chi connectivity index (χ3n) is 6.05. The van der Waals surface area contributed by atoms with Crippen molar-refractivity contribution in [2.45, 2.75) is 13.5 Å². The Kier molecular flexibility index (Phi) is 7.06. The van der Waals surface area contributed by atoms with E-state index in [0.717, 1.165) is 22.3 Å². The molecule has 0 saturated carbocycles. The van der Waals surface area contributed by atoms with Gasteiger partial charge in [-0.25, -0.2) is 9.79 Å². The zero-order chi connectivity index (χ0) is 25.8. The lowest BCUT2D eigenvalue weighted by atomic mass is 10.0. The summed E-state index contributed by atoms with van der Waals surface area (Å²) in [5, 5.41) is 0.367. The Hall–Kier alpha value is -4.35. The number of hydrogen-bond donors (Lipinski definition) is 0. The molecule has 1 heterocycles. The van der Waals surface area contributed by atoms with Crippen molar-refractivity contribution in [2.75, 3.05) is 7.11 Å². The summed E-state index contributed by atoms with van der Waals surface area (Å²) in [7, 11) is 1.54. The summed E-state index contributed by atoms with van der Waals surface area (Å²) in [6, 6.07) is 29.2. The Balaban J connectivity index is 1.37. The highest BCUT2D eigenvalue weighted by molar-refractivity contribution is 6.32. The van der Waals surface area contributed by atoms with Crippen molar-refractivity contribution in [3.05, 3.63) is 124 Å². The zero-order valence-corrected chi connectivity index (χ0v) is 21.2. The molecule has 4 aromatic carbocycles. The number of aryl methyl sites for hydroxylation is 1. The lowest BCUT2D eigenvalue weighted by molar-refractivity contribution is -0.129. The summed E-state index contributed by atoms with van der Waals surface area (Å²) in [6.07, 6.45) is 1.62. The fraction of sp³-hybridized carbons (Fsp3) is 0.0968. The van der Waals surface area contributed by atoms with Crippen molar-refractivity contribution in [3.8, 4) is 22.6 Å². The number of carbonyl (C=O) groups is 1. The van der Waals surface area contributed by atoms with Gasteiger partial charge in [0, 0.05) is 5.56 Å². The van der Waals surface area contributed by atoms with E-state index in [-0.39, 0.29) is 11.6 Å². The zero-order valence-electron chi connectivity index (χ0n) is 20.4. The highest BCUT2D eigenvalue weighted by Gasteiger charge is 2.24. The maximum Gasteiger partial charge on any atom is 0.363 e. The minimum atomic E-state index is -0.530. The normalized spacial score (nSPS) is 13.9. The van der Waals surface area contributed by atoms with Crippen molar-refractivity contribution in [2.24, 2.45) is 4.99 Å². The van der Waals surface area contributed by atoms with Gasteiger partial charge < -0.3 is 14.2 Å². The van der Waals surface area contributed by atoms with E-state index in [9.17, 15) is 4.79 Å². The number of cyclic esters (lactones) is 1. The van der Waals surface area contributed by atoms with Crippen LogP contribution in [0.4, 0.5) is 0 Å². The van der Waals surface area contributed by atoms with Crippen LogP contribution in [0.2, 0.25) is 5.02 Å². The SMILES string of the molecule is COc1cc(/C=C2\N=C(c3ccc(-c4ccccc4)cc3)OC2=O)cc(Cl)c1OCc1ccccc1C. The lowest BCUT2D eigenvalue weighted by Gasteiger charge is -2.14. The van der Waals surface area contributed by atoms with Crippen LogP contribution >= 0.6 is 11.6 Å². The highest BCUT2D eigenvalue weighted by atomic mass is 35.5. The molecule has 6 heteroatoms. The second-order valence-electron chi connectivity index (χ2n) is 8.53. The number of hydrogen-bond acceptors (Lipinski definition) is 5. The molecule has 0 aliphatic carbocycles. The van der Waals surface area contributed by atoms with Crippen LogP contribution in [-0.2, 0) is 16.1 Å². The van der Waals surface area contributed by atoms with E-state index in [1.165, 1.54) is 0 Å². The molecule has 184 valence electrons. The minimum Gasteiger partial charge on any atom is -0.493 e. The van der Waals surface area contributed by atoms with E-state index in [4.69, 9.17) is 25.8 Å². The summed E-state index contributed by atoms with van der Waals surface area (Å²) >= 11 is 6.54. The van der Waals surface area contributed by atoms with Crippen LogP contribution in [0, 0.1) is 6.92 Å². The third kappa shape index (κ3) is 5.42. The highest BCUT2D eigenvalue weighted by Crippen LogP contribution is 2.38. The molecule has 5 nitrogen and oxygen atoms in total. The number of carbonyl (C=O) groups excluding carboxylic acids is 1. The number of esters is 1.